The van der Waals surface area contributed by atoms with Crippen LogP contribution in [-0.2, 0) is 4.79 Å². The molecule has 124 valence electrons. The maximum Gasteiger partial charge on any atom is 0.226 e. The predicted octanol–water partition coefficient (Wildman–Crippen LogP) is 2.38. The third-order valence-corrected chi connectivity index (χ3v) is 5.15. The zero-order valence-corrected chi connectivity index (χ0v) is 14.0. The molecule has 0 saturated heterocycles. The van der Waals surface area contributed by atoms with Crippen molar-refractivity contribution in [2.24, 2.45) is 0 Å². The fraction of sp³-hybridized carbons (Fsp3) is 0.188. The highest BCUT2D eigenvalue weighted by Crippen LogP contribution is 2.40. The molecule has 1 aliphatic rings. The normalized spacial score (nSPS) is 16.8. The lowest BCUT2D eigenvalue weighted by molar-refractivity contribution is -0.116. The largest absolute Gasteiger partial charge is 0.340 e. The summed E-state index contributed by atoms with van der Waals surface area (Å²) in [6.45, 7) is 1.96. The first-order valence-corrected chi connectivity index (χ1v) is 8.72. The summed E-state index contributed by atoms with van der Waals surface area (Å²) in [5.41, 5.74) is 4.28. The van der Waals surface area contributed by atoms with Gasteiger partial charge in [0.2, 0.25) is 5.91 Å². The molecular formula is C16H13N7OS. The molecule has 1 amide bonds. The number of carbonyl (C=O) groups excluding carboxylic acids is 1. The van der Waals surface area contributed by atoms with E-state index in [1.54, 1.807) is 22.3 Å². The summed E-state index contributed by atoms with van der Waals surface area (Å²) in [7, 11) is 0. The van der Waals surface area contributed by atoms with Crippen LogP contribution >= 0.6 is 11.3 Å². The Bertz CT molecular complexity index is 1100. The van der Waals surface area contributed by atoms with Crippen molar-refractivity contribution in [1.82, 2.24) is 29.7 Å². The first-order valence-electron chi connectivity index (χ1n) is 7.78. The van der Waals surface area contributed by atoms with E-state index in [4.69, 9.17) is 0 Å². The number of aryl methyl sites for hydroxylation is 1. The zero-order valence-electron chi connectivity index (χ0n) is 13.2. The van der Waals surface area contributed by atoms with Gasteiger partial charge >= 0.3 is 0 Å². The van der Waals surface area contributed by atoms with Crippen molar-refractivity contribution in [2.45, 2.75) is 19.3 Å². The van der Waals surface area contributed by atoms with Crippen molar-refractivity contribution in [2.75, 3.05) is 5.32 Å². The fourth-order valence-corrected chi connectivity index (χ4v) is 4.09. The first-order chi connectivity index (χ1) is 12.2. The second kappa shape index (κ2) is 5.21. The van der Waals surface area contributed by atoms with E-state index < -0.39 is 0 Å². The van der Waals surface area contributed by atoms with Crippen molar-refractivity contribution < 1.29 is 4.79 Å². The topological polar surface area (TPSA) is 101 Å². The van der Waals surface area contributed by atoms with Gasteiger partial charge in [0.05, 0.1) is 12.0 Å². The number of amides is 1. The molecule has 4 aromatic rings. The smallest absolute Gasteiger partial charge is 0.226 e. The maximum atomic E-state index is 12.3. The number of thiophene rings is 1. The average Bonchev–Trinajstić information content (AvgIpc) is 3.34. The number of nitrogens with one attached hydrogen (secondary N) is 2. The summed E-state index contributed by atoms with van der Waals surface area (Å²) in [6.07, 6.45) is 3.43. The molecule has 1 unspecified atom stereocenters. The molecular weight excluding hydrogens is 338 g/mol. The highest BCUT2D eigenvalue weighted by Gasteiger charge is 2.33. The van der Waals surface area contributed by atoms with Crippen LogP contribution in [0.15, 0.2) is 29.5 Å². The van der Waals surface area contributed by atoms with Crippen molar-refractivity contribution in [3.63, 3.8) is 0 Å². The minimum atomic E-state index is -0.0280. The van der Waals surface area contributed by atoms with E-state index in [-0.39, 0.29) is 11.8 Å². The molecule has 25 heavy (non-hydrogen) atoms. The van der Waals surface area contributed by atoms with E-state index in [2.05, 4.69) is 41.8 Å². The van der Waals surface area contributed by atoms with Crippen molar-refractivity contribution in [3.8, 4) is 5.82 Å². The lowest BCUT2D eigenvalue weighted by Crippen LogP contribution is -2.25. The summed E-state index contributed by atoms with van der Waals surface area (Å²) < 4.78 is 1.67. The zero-order chi connectivity index (χ0) is 17.0. The number of aromatic amines is 1. The first kappa shape index (κ1) is 14.3. The molecule has 5 heterocycles. The lowest BCUT2D eigenvalue weighted by Gasteiger charge is -2.23. The quantitative estimate of drug-likeness (QED) is 0.577. The van der Waals surface area contributed by atoms with E-state index in [1.165, 1.54) is 6.33 Å². The highest BCUT2D eigenvalue weighted by atomic mass is 32.1. The monoisotopic (exact) mass is 351 g/mol. The Hall–Kier alpha value is -3.07. The number of aromatic nitrogens is 6. The highest BCUT2D eigenvalue weighted by molar-refractivity contribution is 7.08. The number of hydrogen-bond donors (Lipinski definition) is 2. The van der Waals surface area contributed by atoms with Crippen LogP contribution < -0.4 is 5.32 Å². The van der Waals surface area contributed by atoms with Crippen molar-refractivity contribution in [3.05, 3.63) is 46.3 Å². The van der Waals surface area contributed by atoms with Crippen LogP contribution in [0.1, 0.15) is 29.2 Å². The van der Waals surface area contributed by atoms with Gasteiger partial charge in [0, 0.05) is 17.9 Å². The predicted molar refractivity (Wildman–Crippen MR) is 93.0 cm³/mol. The number of anilines is 1. The second-order valence-electron chi connectivity index (χ2n) is 5.92. The Morgan fingerprint density at radius 2 is 2.24 bits per heavy atom. The molecule has 5 rings (SSSR count). The molecule has 0 radical (unpaired) electrons. The molecule has 1 aliphatic heterocycles. The SMILES string of the molecule is Cc1nn(-c2ncnc3nc[nH]c23)c2c1C(c1ccsc1)CC(=O)N2. The van der Waals surface area contributed by atoms with Gasteiger partial charge in [-0.05, 0) is 29.3 Å². The molecule has 0 bridgehead atoms. The summed E-state index contributed by atoms with van der Waals surface area (Å²) in [5.74, 6) is 1.21. The van der Waals surface area contributed by atoms with Gasteiger partial charge in [-0.15, -0.1) is 0 Å². The van der Waals surface area contributed by atoms with Gasteiger partial charge in [-0.25, -0.2) is 15.0 Å². The molecule has 1 atom stereocenters. The minimum absolute atomic E-state index is 0.00263. The van der Waals surface area contributed by atoms with Gasteiger partial charge in [-0.1, -0.05) is 0 Å². The van der Waals surface area contributed by atoms with Crippen LogP contribution in [0, 0.1) is 6.92 Å². The van der Waals surface area contributed by atoms with Gasteiger partial charge < -0.3 is 10.3 Å². The van der Waals surface area contributed by atoms with Crippen LogP contribution in [0.25, 0.3) is 17.0 Å². The summed E-state index contributed by atoms with van der Waals surface area (Å²) in [6, 6.07) is 2.06. The molecule has 0 saturated carbocycles. The number of nitrogens with zero attached hydrogens (tertiary/aromatic N) is 5. The Labute approximate surface area is 146 Å². The van der Waals surface area contributed by atoms with Crippen molar-refractivity contribution in [1.29, 1.82) is 0 Å². The van der Waals surface area contributed by atoms with Gasteiger partial charge in [0.1, 0.15) is 17.7 Å². The molecule has 2 N–H and O–H groups in total. The van der Waals surface area contributed by atoms with Crippen LogP contribution in [0.4, 0.5) is 5.82 Å². The summed E-state index contributed by atoms with van der Waals surface area (Å²) in [4.78, 5) is 28.0. The van der Waals surface area contributed by atoms with E-state index >= 15 is 0 Å². The average molecular weight is 351 g/mol. The van der Waals surface area contributed by atoms with Gasteiger partial charge in [0.15, 0.2) is 11.5 Å². The van der Waals surface area contributed by atoms with Crippen LogP contribution in [0.2, 0.25) is 0 Å². The number of H-pyrrole nitrogens is 1. The fourth-order valence-electron chi connectivity index (χ4n) is 3.37. The van der Waals surface area contributed by atoms with Crippen LogP contribution in [-0.4, -0.2) is 35.6 Å². The van der Waals surface area contributed by atoms with Gasteiger partial charge in [-0.2, -0.15) is 21.1 Å². The molecule has 4 aromatic heterocycles. The maximum absolute atomic E-state index is 12.3. The molecule has 9 heteroatoms. The number of imidazole rings is 1. The molecule has 0 aromatic carbocycles. The third kappa shape index (κ3) is 2.09. The number of carbonyl (C=O) groups is 1. The lowest BCUT2D eigenvalue weighted by atomic mass is 9.87. The van der Waals surface area contributed by atoms with E-state index in [9.17, 15) is 4.79 Å². The minimum Gasteiger partial charge on any atom is -0.340 e. The summed E-state index contributed by atoms with van der Waals surface area (Å²) in [5, 5.41) is 11.7. The van der Waals surface area contributed by atoms with E-state index in [0.717, 1.165) is 16.8 Å². The Balaban J connectivity index is 1.75. The summed E-state index contributed by atoms with van der Waals surface area (Å²) >= 11 is 1.63. The molecule has 0 spiro atoms. The molecule has 0 aliphatic carbocycles. The standard InChI is InChI=1S/C16H13N7OS/c1-8-12-10(9-2-3-25-5-9)4-11(24)21-15(12)23(22-8)16-13-14(18-6-17-13)19-7-20-16/h2-3,5-7,10H,4H2,1H3,(H,21,24)(H,17,18,19,20). The Morgan fingerprint density at radius 1 is 1.32 bits per heavy atom. The molecule has 0 fully saturated rings. The second-order valence-corrected chi connectivity index (χ2v) is 6.70. The molecule has 8 nitrogen and oxygen atoms in total. The van der Waals surface area contributed by atoms with Crippen LogP contribution in [0.3, 0.4) is 0 Å². The van der Waals surface area contributed by atoms with Gasteiger partial charge in [0.25, 0.3) is 0 Å². The number of fused-ring (bicyclic) bond motifs is 2. The Kier molecular flexibility index (Phi) is 2.98. The number of hydrogen-bond acceptors (Lipinski definition) is 6. The van der Waals surface area contributed by atoms with Gasteiger partial charge in [-0.3, -0.25) is 4.79 Å². The third-order valence-electron chi connectivity index (χ3n) is 4.45. The van der Waals surface area contributed by atoms with E-state index in [0.29, 0.717) is 29.2 Å². The van der Waals surface area contributed by atoms with Crippen molar-refractivity contribution >= 4 is 34.2 Å². The van der Waals surface area contributed by atoms with Crippen LogP contribution in [0.5, 0.6) is 0 Å². The number of rotatable bonds is 2. The Morgan fingerprint density at radius 3 is 3.08 bits per heavy atom. The van der Waals surface area contributed by atoms with E-state index in [1.807, 2.05) is 12.3 Å².